The molecule has 160 valence electrons. The molecule has 5 nitrogen and oxygen atoms in total. The Hall–Kier alpha value is -2.93. The Kier molecular flexibility index (Phi) is 6.74. The van der Waals surface area contributed by atoms with Gasteiger partial charge in [-0.1, -0.05) is 75.5 Å². The zero-order valence-electron chi connectivity index (χ0n) is 16.4. The van der Waals surface area contributed by atoms with E-state index in [0.29, 0.717) is 32.9 Å². The lowest BCUT2D eigenvalue weighted by atomic mass is 10.0. The number of carbonyl (C=O) groups is 2. The average molecular weight is 530 g/mol. The number of nitrogens with zero attached hydrogens (tertiary/aromatic N) is 1. The van der Waals surface area contributed by atoms with Crippen LogP contribution in [0.4, 0.5) is 5.69 Å². The van der Waals surface area contributed by atoms with E-state index >= 15 is 0 Å². The molecule has 1 heterocycles. The van der Waals surface area contributed by atoms with Gasteiger partial charge in [-0.2, -0.15) is 0 Å². The number of ether oxygens (including phenoxy) is 1. The quantitative estimate of drug-likeness (QED) is 0.290. The van der Waals surface area contributed by atoms with Gasteiger partial charge >= 0.3 is 5.97 Å². The molecule has 0 radical (unpaired) electrons. The summed E-state index contributed by atoms with van der Waals surface area (Å²) in [6.07, 6.45) is 0. The maximum absolute atomic E-state index is 12.9. The highest BCUT2D eigenvalue weighted by molar-refractivity contribution is 9.10. The van der Waals surface area contributed by atoms with Crippen molar-refractivity contribution in [1.82, 2.24) is 4.98 Å². The minimum Gasteiger partial charge on any atom is -0.452 e. The van der Waals surface area contributed by atoms with E-state index in [1.807, 2.05) is 42.5 Å². The van der Waals surface area contributed by atoms with Crippen molar-refractivity contribution in [1.29, 1.82) is 0 Å². The van der Waals surface area contributed by atoms with Crippen molar-refractivity contribution in [2.75, 3.05) is 11.9 Å². The number of para-hydroxylation sites is 1. The van der Waals surface area contributed by atoms with E-state index in [0.717, 1.165) is 10.0 Å². The second-order valence-corrected chi connectivity index (χ2v) is 8.51. The topological polar surface area (TPSA) is 68.3 Å². The first-order chi connectivity index (χ1) is 15.4. The van der Waals surface area contributed by atoms with E-state index in [2.05, 4.69) is 26.2 Å². The summed E-state index contributed by atoms with van der Waals surface area (Å²) >= 11 is 15.5. The highest BCUT2D eigenvalue weighted by Crippen LogP contribution is 2.30. The van der Waals surface area contributed by atoms with Crippen LogP contribution in [0.1, 0.15) is 10.4 Å². The van der Waals surface area contributed by atoms with Gasteiger partial charge < -0.3 is 10.1 Å². The van der Waals surface area contributed by atoms with Crippen molar-refractivity contribution in [3.8, 4) is 11.3 Å². The third kappa shape index (κ3) is 4.93. The number of esters is 1. The Morgan fingerprint density at radius 1 is 0.969 bits per heavy atom. The molecule has 1 N–H and O–H groups in total. The zero-order valence-corrected chi connectivity index (χ0v) is 19.5. The summed E-state index contributed by atoms with van der Waals surface area (Å²) < 4.78 is 6.23. The van der Waals surface area contributed by atoms with Crippen LogP contribution in [0.2, 0.25) is 10.0 Å². The Labute approximate surface area is 202 Å². The number of fused-ring (bicyclic) bond motifs is 1. The van der Waals surface area contributed by atoms with Gasteiger partial charge in [0.25, 0.3) is 5.91 Å². The number of anilines is 1. The molecular weight excluding hydrogens is 515 g/mol. The van der Waals surface area contributed by atoms with Crippen LogP contribution in [0.5, 0.6) is 0 Å². The third-order valence-electron chi connectivity index (χ3n) is 4.64. The predicted octanol–water partition coefficient (Wildman–Crippen LogP) is 6.77. The summed E-state index contributed by atoms with van der Waals surface area (Å²) in [5, 5.41) is 3.75. The fraction of sp³-hybridized carbons (Fsp3) is 0.0417. The van der Waals surface area contributed by atoms with Gasteiger partial charge in [0, 0.05) is 15.4 Å². The molecule has 0 fully saturated rings. The molecule has 0 spiro atoms. The highest BCUT2D eigenvalue weighted by atomic mass is 79.9. The number of rotatable bonds is 5. The van der Waals surface area contributed by atoms with E-state index in [9.17, 15) is 9.59 Å². The largest absolute Gasteiger partial charge is 0.452 e. The maximum Gasteiger partial charge on any atom is 0.339 e. The van der Waals surface area contributed by atoms with Crippen LogP contribution in [0.25, 0.3) is 22.2 Å². The van der Waals surface area contributed by atoms with Crippen LogP contribution >= 0.6 is 39.1 Å². The Balaban J connectivity index is 1.56. The second kappa shape index (κ2) is 9.69. The van der Waals surface area contributed by atoms with E-state index in [1.54, 1.807) is 30.3 Å². The molecule has 0 aliphatic carbocycles. The van der Waals surface area contributed by atoms with E-state index in [1.165, 1.54) is 0 Å². The van der Waals surface area contributed by atoms with Gasteiger partial charge in [-0.15, -0.1) is 0 Å². The van der Waals surface area contributed by atoms with Crippen LogP contribution in [0, 0.1) is 0 Å². The number of benzene rings is 3. The lowest BCUT2D eigenvalue weighted by Crippen LogP contribution is -2.21. The summed E-state index contributed by atoms with van der Waals surface area (Å²) in [7, 11) is 0. The molecular formula is C24H15BrCl2N2O3. The van der Waals surface area contributed by atoms with Crippen molar-refractivity contribution in [3.05, 3.63) is 92.9 Å². The zero-order chi connectivity index (χ0) is 22.7. The van der Waals surface area contributed by atoms with Crippen molar-refractivity contribution >= 4 is 67.6 Å². The molecule has 1 amide bonds. The number of carbonyl (C=O) groups excluding carboxylic acids is 2. The monoisotopic (exact) mass is 528 g/mol. The molecule has 8 heteroatoms. The Morgan fingerprint density at radius 2 is 1.72 bits per heavy atom. The maximum atomic E-state index is 12.9. The molecule has 1 aromatic heterocycles. The minimum atomic E-state index is -0.630. The normalized spacial score (nSPS) is 10.7. The molecule has 0 saturated carbocycles. The number of aromatic nitrogens is 1. The summed E-state index contributed by atoms with van der Waals surface area (Å²) in [6, 6.07) is 21.4. The van der Waals surface area contributed by atoms with Gasteiger partial charge in [0.1, 0.15) is 0 Å². The summed E-state index contributed by atoms with van der Waals surface area (Å²) in [4.78, 5) is 29.8. The first-order valence-corrected chi connectivity index (χ1v) is 11.0. The third-order valence-corrected chi connectivity index (χ3v) is 5.98. The molecule has 0 unspecified atom stereocenters. The lowest BCUT2D eigenvalue weighted by molar-refractivity contribution is -0.119. The summed E-state index contributed by atoms with van der Waals surface area (Å²) in [5.74, 6) is -1.16. The van der Waals surface area contributed by atoms with Crippen molar-refractivity contribution in [2.24, 2.45) is 0 Å². The predicted molar refractivity (Wildman–Crippen MR) is 130 cm³/mol. The summed E-state index contributed by atoms with van der Waals surface area (Å²) in [5.41, 5.74) is 2.78. The van der Waals surface area contributed by atoms with E-state index in [4.69, 9.17) is 27.9 Å². The lowest BCUT2D eigenvalue weighted by Gasteiger charge is -2.11. The number of pyridine rings is 1. The van der Waals surface area contributed by atoms with E-state index < -0.39 is 18.5 Å². The molecule has 32 heavy (non-hydrogen) atoms. The first-order valence-electron chi connectivity index (χ1n) is 9.49. The van der Waals surface area contributed by atoms with Crippen LogP contribution in [0.3, 0.4) is 0 Å². The fourth-order valence-electron chi connectivity index (χ4n) is 3.11. The first kappa shape index (κ1) is 22.3. The number of halogens is 3. The SMILES string of the molecule is O=C(COC(=O)c1cc(-c2ccc(Br)cc2)nc2ccccc12)Nc1cccc(Cl)c1Cl. The Morgan fingerprint density at radius 3 is 2.50 bits per heavy atom. The molecule has 0 aliphatic rings. The molecule has 4 aromatic rings. The molecule has 0 saturated heterocycles. The van der Waals surface area contributed by atoms with Gasteiger partial charge in [0.15, 0.2) is 6.61 Å². The number of hydrogen-bond acceptors (Lipinski definition) is 4. The van der Waals surface area contributed by atoms with Crippen LogP contribution in [-0.4, -0.2) is 23.5 Å². The van der Waals surface area contributed by atoms with Crippen LogP contribution in [0.15, 0.2) is 77.3 Å². The van der Waals surface area contributed by atoms with Crippen LogP contribution in [-0.2, 0) is 9.53 Å². The molecule has 0 atom stereocenters. The molecule has 3 aromatic carbocycles. The summed E-state index contributed by atoms with van der Waals surface area (Å²) in [6.45, 7) is -0.480. The van der Waals surface area contributed by atoms with Crippen molar-refractivity contribution in [2.45, 2.75) is 0 Å². The smallest absolute Gasteiger partial charge is 0.339 e. The number of hydrogen-bond donors (Lipinski definition) is 1. The van der Waals surface area contributed by atoms with Crippen molar-refractivity contribution in [3.63, 3.8) is 0 Å². The van der Waals surface area contributed by atoms with Gasteiger partial charge in [-0.3, -0.25) is 4.79 Å². The molecule has 0 bridgehead atoms. The fourth-order valence-corrected chi connectivity index (χ4v) is 3.72. The second-order valence-electron chi connectivity index (χ2n) is 6.80. The van der Waals surface area contributed by atoms with E-state index in [-0.39, 0.29) is 5.02 Å². The van der Waals surface area contributed by atoms with Gasteiger partial charge in [0.05, 0.1) is 32.5 Å². The highest BCUT2D eigenvalue weighted by Gasteiger charge is 2.17. The standard InChI is InChI=1S/C24H15BrCl2N2O3/c25-15-10-8-14(9-11-15)21-12-17(16-4-1-2-6-19(16)28-21)24(31)32-13-22(30)29-20-7-3-5-18(26)23(20)27/h1-12H,13H2,(H,29,30). The molecule has 4 rings (SSSR count). The minimum absolute atomic E-state index is 0.216. The number of nitrogens with one attached hydrogen (secondary N) is 1. The molecule has 0 aliphatic heterocycles. The van der Waals surface area contributed by atoms with Crippen LogP contribution < -0.4 is 5.32 Å². The average Bonchev–Trinajstić information content (AvgIpc) is 2.80. The van der Waals surface area contributed by atoms with Gasteiger partial charge in [-0.25, -0.2) is 9.78 Å². The Bertz CT molecular complexity index is 1330. The van der Waals surface area contributed by atoms with Gasteiger partial charge in [-0.05, 0) is 36.4 Å². The van der Waals surface area contributed by atoms with Gasteiger partial charge in [0.2, 0.25) is 0 Å². The number of amides is 1. The van der Waals surface area contributed by atoms with Crippen molar-refractivity contribution < 1.29 is 14.3 Å².